The molecule has 0 aliphatic rings. The van der Waals surface area contributed by atoms with Crippen LogP contribution in [0.3, 0.4) is 0 Å². The van der Waals surface area contributed by atoms with Crippen molar-refractivity contribution in [3.8, 4) is 6.07 Å². The Morgan fingerprint density at radius 2 is 1.81 bits per heavy atom. The van der Waals surface area contributed by atoms with Crippen LogP contribution in [0.25, 0.3) is 10.2 Å². The number of benzene rings is 2. The van der Waals surface area contributed by atoms with Gasteiger partial charge in [-0.2, -0.15) is 5.26 Å². The monoisotopic (exact) mass is 370 g/mol. The Morgan fingerprint density at radius 3 is 2.56 bits per heavy atom. The van der Waals surface area contributed by atoms with Gasteiger partial charge in [-0.3, -0.25) is 9.36 Å². The summed E-state index contributed by atoms with van der Waals surface area (Å²) in [7, 11) is 0. The van der Waals surface area contributed by atoms with E-state index in [1.165, 1.54) is 11.3 Å². The van der Waals surface area contributed by atoms with Gasteiger partial charge in [-0.05, 0) is 42.0 Å². The Hall–Kier alpha value is -3.56. The van der Waals surface area contributed by atoms with E-state index in [1.807, 2.05) is 30.3 Å². The summed E-state index contributed by atoms with van der Waals surface area (Å²) < 4.78 is 1.67. The lowest BCUT2D eigenvalue weighted by molar-refractivity contribution is 0.739. The molecule has 130 valence electrons. The van der Waals surface area contributed by atoms with Gasteiger partial charge in [0.15, 0.2) is 4.80 Å². The van der Waals surface area contributed by atoms with Crippen molar-refractivity contribution in [3.05, 3.63) is 99.2 Å². The second-order valence-corrected chi connectivity index (χ2v) is 6.84. The van der Waals surface area contributed by atoms with Crippen molar-refractivity contribution in [3.63, 3.8) is 0 Å². The molecule has 4 rings (SSSR count). The van der Waals surface area contributed by atoms with Crippen LogP contribution in [-0.4, -0.2) is 9.55 Å². The summed E-state index contributed by atoms with van der Waals surface area (Å²) in [5.74, 6) is 0. The second kappa shape index (κ2) is 7.36. The van der Waals surface area contributed by atoms with Crippen LogP contribution in [0.15, 0.2) is 82.7 Å². The van der Waals surface area contributed by atoms with E-state index in [-0.39, 0.29) is 5.56 Å². The van der Waals surface area contributed by atoms with Gasteiger partial charge >= 0.3 is 0 Å². The Kier molecular flexibility index (Phi) is 4.60. The fourth-order valence-electron chi connectivity index (χ4n) is 2.72. The van der Waals surface area contributed by atoms with Crippen LogP contribution >= 0.6 is 11.3 Å². The first-order chi connectivity index (χ1) is 13.2. The standard InChI is InChI=1S/C21H14N4OS/c22-13-15-8-10-17(11-9-15)24-21-25(14-16-5-2-1-3-6-16)20(26)18-7-4-12-23-19(18)27-21/h1-12H,14H2. The molecule has 0 aliphatic carbocycles. The van der Waals surface area contributed by atoms with Crippen molar-refractivity contribution in [2.45, 2.75) is 6.54 Å². The minimum absolute atomic E-state index is 0.118. The highest BCUT2D eigenvalue weighted by Gasteiger charge is 2.08. The van der Waals surface area contributed by atoms with E-state index in [2.05, 4.69) is 16.0 Å². The molecule has 4 aromatic rings. The van der Waals surface area contributed by atoms with Gasteiger partial charge in [0.05, 0.1) is 29.3 Å². The van der Waals surface area contributed by atoms with E-state index >= 15 is 0 Å². The summed E-state index contributed by atoms with van der Waals surface area (Å²) in [5, 5.41) is 9.53. The molecule has 6 heteroatoms. The molecule has 0 saturated carbocycles. The zero-order valence-corrected chi connectivity index (χ0v) is 15.1. The van der Waals surface area contributed by atoms with Crippen molar-refractivity contribution in [2.24, 2.45) is 4.99 Å². The molecule has 0 N–H and O–H groups in total. The number of nitriles is 1. The third kappa shape index (κ3) is 3.54. The first kappa shape index (κ1) is 16.9. The highest BCUT2D eigenvalue weighted by atomic mass is 32.1. The zero-order valence-electron chi connectivity index (χ0n) is 14.2. The molecular formula is C21H14N4OS. The summed E-state index contributed by atoms with van der Waals surface area (Å²) in [6.07, 6.45) is 1.67. The van der Waals surface area contributed by atoms with E-state index in [0.29, 0.717) is 32.8 Å². The van der Waals surface area contributed by atoms with Gasteiger partial charge < -0.3 is 0 Å². The van der Waals surface area contributed by atoms with Gasteiger partial charge in [-0.25, -0.2) is 9.98 Å². The van der Waals surface area contributed by atoms with Crippen molar-refractivity contribution < 1.29 is 0 Å². The molecule has 0 unspecified atom stereocenters. The Balaban J connectivity index is 1.94. The number of hydrogen-bond donors (Lipinski definition) is 0. The number of aromatic nitrogens is 2. The molecule has 0 saturated heterocycles. The molecule has 2 aromatic heterocycles. The van der Waals surface area contributed by atoms with Gasteiger partial charge in [0.1, 0.15) is 4.83 Å². The molecule has 0 aliphatic heterocycles. The predicted molar refractivity (Wildman–Crippen MR) is 106 cm³/mol. The SMILES string of the molecule is N#Cc1ccc(N=c2sc3ncccc3c(=O)n2Cc2ccccc2)cc1. The average Bonchev–Trinajstić information content (AvgIpc) is 2.72. The maximum absolute atomic E-state index is 13.1. The van der Waals surface area contributed by atoms with E-state index in [9.17, 15) is 4.79 Å². The molecule has 2 heterocycles. The van der Waals surface area contributed by atoms with Gasteiger partial charge in [-0.15, -0.1) is 0 Å². The minimum atomic E-state index is -0.118. The third-order valence-corrected chi connectivity index (χ3v) is 5.08. The summed E-state index contributed by atoms with van der Waals surface area (Å²) >= 11 is 1.37. The summed E-state index contributed by atoms with van der Waals surface area (Å²) in [4.78, 5) is 23.3. The topological polar surface area (TPSA) is 71.0 Å². The fraction of sp³-hybridized carbons (Fsp3) is 0.0476. The third-order valence-electron chi connectivity index (χ3n) is 4.07. The molecule has 0 radical (unpaired) electrons. The maximum atomic E-state index is 13.1. The van der Waals surface area contributed by atoms with Crippen molar-refractivity contribution in [2.75, 3.05) is 0 Å². The molecule has 0 amide bonds. The Morgan fingerprint density at radius 1 is 1.04 bits per heavy atom. The van der Waals surface area contributed by atoms with Crippen LogP contribution in [0.1, 0.15) is 11.1 Å². The number of fused-ring (bicyclic) bond motifs is 1. The predicted octanol–water partition coefficient (Wildman–Crippen LogP) is 3.61. The van der Waals surface area contributed by atoms with Crippen LogP contribution < -0.4 is 10.4 Å². The van der Waals surface area contributed by atoms with Crippen molar-refractivity contribution in [1.29, 1.82) is 5.26 Å². The van der Waals surface area contributed by atoms with Gasteiger partial charge in [-0.1, -0.05) is 41.7 Å². The zero-order chi connectivity index (χ0) is 18.6. The summed E-state index contributed by atoms with van der Waals surface area (Å²) in [6.45, 7) is 0.427. The minimum Gasteiger partial charge on any atom is -0.279 e. The van der Waals surface area contributed by atoms with Gasteiger partial charge in [0, 0.05) is 6.20 Å². The largest absolute Gasteiger partial charge is 0.279 e. The van der Waals surface area contributed by atoms with Crippen molar-refractivity contribution in [1.82, 2.24) is 9.55 Å². The van der Waals surface area contributed by atoms with Crippen LogP contribution in [0, 0.1) is 11.3 Å². The number of rotatable bonds is 3. The lowest BCUT2D eigenvalue weighted by Gasteiger charge is -2.08. The molecule has 27 heavy (non-hydrogen) atoms. The average molecular weight is 370 g/mol. The number of nitrogens with zero attached hydrogens (tertiary/aromatic N) is 4. The van der Waals surface area contributed by atoms with Gasteiger partial charge in [0.2, 0.25) is 0 Å². The lowest BCUT2D eigenvalue weighted by Crippen LogP contribution is -2.32. The molecule has 5 nitrogen and oxygen atoms in total. The van der Waals surface area contributed by atoms with Crippen molar-refractivity contribution >= 4 is 27.2 Å². The quantitative estimate of drug-likeness (QED) is 0.553. The molecule has 0 atom stereocenters. The first-order valence-electron chi connectivity index (χ1n) is 8.32. The summed E-state index contributed by atoms with van der Waals surface area (Å²) in [5.41, 5.74) is 2.15. The van der Waals surface area contributed by atoms with E-state index in [1.54, 1.807) is 47.2 Å². The van der Waals surface area contributed by atoms with E-state index < -0.39 is 0 Å². The number of pyridine rings is 1. The fourth-order valence-corrected chi connectivity index (χ4v) is 3.68. The second-order valence-electron chi connectivity index (χ2n) is 5.89. The maximum Gasteiger partial charge on any atom is 0.263 e. The molecule has 0 fully saturated rings. The molecular weight excluding hydrogens is 356 g/mol. The van der Waals surface area contributed by atoms with Crippen LogP contribution in [0.4, 0.5) is 5.69 Å². The van der Waals surface area contributed by atoms with Crippen LogP contribution in [0.2, 0.25) is 0 Å². The highest BCUT2D eigenvalue weighted by Crippen LogP contribution is 2.14. The lowest BCUT2D eigenvalue weighted by atomic mass is 10.2. The normalized spacial score (nSPS) is 11.4. The molecule has 2 aromatic carbocycles. The van der Waals surface area contributed by atoms with Gasteiger partial charge in [0.25, 0.3) is 5.56 Å². The first-order valence-corrected chi connectivity index (χ1v) is 9.14. The number of hydrogen-bond acceptors (Lipinski definition) is 5. The highest BCUT2D eigenvalue weighted by molar-refractivity contribution is 7.15. The molecule has 0 spiro atoms. The smallest absolute Gasteiger partial charge is 0.263 e. The van der Waals surface area contributed by atoms with E-state index in [0.717, 1.165) is 5.56 Å². The Bertz CT molecular complexity index is 1270. The van der Waals surface area contributed by atoms with Crippen LogP contribution in [-0.2, 0) is 6.54 Å². The van der Waals surface area contributed by atoms with E-state index in [4.69, 9.17) is 5.26 Å². The van der Waals surface area contributed by atoms with Crippen LogP contribution in [0.5, 0.6) is 0 Å². The Labute approximate surface area is 159 Å². The summed E-state index contributed by atoms with van der Waals surface area (Å²) in [6, 6.07) is 22.4. The molecule has 0 bridgehead atoms.